The molecule has 0 radical (unpaired) electrons. The second-order valence-electron chi connectivity index (χ2n) is 9.18. The minimum Gasteiger partial charge on any atom is -0.294 e. The van der Waals surface area contributed by atoms with Crippen molar-refractivity contribution < 1.29 is 4.79 Å². The molecule has 0 fully saturated rings. The lowest BCUT2D eigenvalue weighted by Crippen LogP contribution is -2.26. The highest BCUT2D eigenvalue weighted by atomic mass is 16.2. The lowest BCUT2D eigenvalue weighted by molar-refractivity contribution is 0.101. The first-order valence-electron chi connectivity index (χ1n) is 12.7. The number of para-hydroxylation sites is 1. The second-order valence-corrected chi connectivity index (χ2v) is 9.18. The van der Waals surface area contributed by atoms with Crippen LogP contribution in [0, 0.1) is 0 Å². The molecule has 0 aliphatic rings. The van der Waals surface area contributed by atoms with E-state index in [2.05, 4.69) is 32.5 Å². The molecule has 0 bridgehead atoms. The van der Waals surface area contributed by atoms with Gasteiger partial charge in [0.15, 0.2) is 11.6 Å². The number of benzene rings is 2. The molecular weight excluding hydrogens is 478 g/mol. The van der Waals surface area contributed by atoms with Gasteiger partial charge in [0.05, 0.1) is 17.9 Å². The number of hydrogen-bond donors (Lipinski definition) is 1. The highest BCUT2D eigenvalue weighted by molar-refractivity contribution is 5.98. The van der Waals surface area contributed by atoms with Crippen molar-refractivity contribution in [1.29, 1.82) is 0 Å². The fraction of sp³-hybridized carbons (Fsp3) is 0.241. The SMILES string of the molecule is CCCc1cn(-c2c(CC)cccc2C(C)=O)c(=O)n1Cc1ccc(-c2ncccc2-c2nnn[nH]2)cc1. The average molecular weight is 508 g/mol. The number of pyridine rings is 1. The summed E-state index contributed by atoms with van der Waals surface area (Å²) < 4.78 is 3.46. The normalized spacial score (nSPS) is 11.1. The maximum atomic E-state index is 13.8. The van der Waals surface area contributed by atoms with Crippen LogP contribution in [-0.4, -0.2) is 40.5 Å². The Morgan fingerprint density at radius 3 is 2.53 bits per heavy atom. The minimum absolute atomic E-state index is 0.0578. The van der Waals surface area contributed by atoms with Gasteiger partial charge in [0, 0.05) is 34.8 Å². The van der Waals surface area contributed by atoms with Gasteiger partial charge in [-0.15, -0.1) is 5.10 Å². The van der Waals surface area contributed by atoms with E-state index in [9.17, 15) is 9.59 Å². The van der Waals surface area contributed by atoms with Gasteiger partial charge >= 0.3 is 5.69 Å². The van der Waals surface area contributed by atoms with Crippen molar-refractivity contribution in [1.82, 2.24) is 34.7 Å². The van der Waals surface area contributed by atoms with Gasteiger partial charge in [0.1, 0.15) is 0 Å². The molecule has 2 aromatic carbocycles. The highest BCUT2D eigenvalue weighted by Crippen LogP contribution is 2.28. The smallest absolute Gasteiger partial charge is 0.294 e. The summed E-state index contributed by atoms with van der Waals surface area (Å²) in [7, 11) is 0. The number of carbonyl (C=O) groups excluding carboxylic acids is 1. The van der Waals surface area contributed by atoms with E-state index in [0.717, 1.165) is 52.9 Å². The summed E-state index contributed by atoms with van der Waals surface area (Å²) in [5.41, 5.74) is 6.48. The van der Waals surface area contributed by atoms with Crippen molar-refractivity contribution in [2.24, 2.45) is 0 Å². The Labute approximate surface area is 220 Å². The molecule has 38 heavy (non-hydrogen) atoms. The van der Waals surface area contributed by atoms with E-state index in [4.69, 9.17) is 0 Å². The lowest BCUT2D eigenvalue weighted by atomic mass is 10.0. The third-order valence-electron chi connectivity index (χ3n) is 6.66. The average Bonchev–Trinajstić information content (AvgIpc) is 3.58. The lowest BCUT2D eigenvalue weighted by Gasteiger charge is -2.12. The fourth-order valence-corrected chi connectivity index (χ4v) is 4.81. The van der Waals surface area contributed by atoms with Crippen molar-refractivity contribution in [2.75, 3.05) is 0 Å². The fourth-order valence-electron chi connectivity index (χ4n) is 4.81. The summed E-state index contributed by atoms with van der Waals surface area (Å²) >= 11 is 0. The number of rotatable bonds is 9. The summed E-state index contributed by atoms with van der Waals surface area (Å²) in [6.45, 7) is 6.09. The zero-order valence-electron chi connectivity index (χ0n) is 21.7. The van der Waals surface area contributed by atoms with Gasteiger partial charge in [0.25, 0.3) is 0 Å². The quantitative estimate of drug-likeness (QED) is 0.291. The number of imidazole rings is 1. The van der Waals surface area contributed by atoms with Gasteiger partial charge in [-0.3, -0.25) is 18.9 Å². The number of tetrazole rings is 1. The van der Waals surface area contributed by atoms with E-state index in [1.165, 1.54) is 0 Å². The number of nitrogens with zero attached hydrogens (tertiary/aromatic N) is 6. The molecule has 3 aromatic heterocycles. The van der Waals surface area contributed by atoms with Crippen molar-refractivity contribution in [3.63, 3.8) is 0 Å². The second kappa shape index (κ2) is 10.8. The topological polar surface area (TPSA) is 111 Å². The summed E-state index contributed by atoms with van der Waals surface area (Å²) in [5, 5.41) is 14.2. The predicted octanol–water partition coefficient (Wildman–Crippen LogP) is 4.65. The Kier molecular flexibility index (Phi) is 7.08. The number of hydrogen-bond acceptors (Lipinski definition) is 6. The van der Waals surface area contributed by atoms with Crippen LogP contribution < -0.4 is 5.69 Å². The number of aromatic nitrogens is 7. The van der Waals surface area contributed by atoms with E-state index in [1.807, 2.05) is 61.7 Å². The molecule has 0 atom stereocenters. The zero-order chi connectivity index (χ0) is 26.6. The number of aromatic amines is 1. The van der Waals surface area contributed by atoms with Crippen LogP contribution in [0.3, 0.4) is 0 Å². The van der Waals surface area contributed by atoms with Crippen molar-refractivity contribution in [3.05, 3.63) is 99.9 Å². The maximum Gasteiger partial charge on any atom is 0.333 e. The molecule has 0 spiro atoms. The van der Waals surface area contributed by atoms with Gasteiger partial charge in [-0.2, -0.15) is 0 Å². The number of ketones is 1. The van der Waals surface area contributed by atoms with Crippen LogP contribution in [0.25, 0.3) is 28.3 Å². The van der Waals surface area contributed by atoms with E-state index < -0.39 is 0 Å². The van der Waals surface area contributed by atoms with Crippen LogP contribution in [0.2, 0.25) is 0 Å². The first-order valence-corrected chi connectivity index (χ1v) is 12.7. The Hall–Kier alpha value is -4.66. The van der Waals surface area contributed by atoms with Crippen LogP contribution >= 0.6 is 0 Å². The molecule has 5 rings (SSSR count). The molecule has 0 saturated heterocycles. The summed E-state index contributed by atoms with van der Waals surface area (Å²) in [4.78, 5) is 30.7. The van der Waals surface area contributed by atoms with Crippen LogP contribution in [0.1, 0.15) is 54.4 Å². The largest absolute Gasteiger partial charge is 0.333 e. The van der Waals surface area contributed by atoms with Crippen LogP contribution in [-0.2, 0) is 19.4 Å². The van der Waals surface area contributed by atoms with Gasteiger partial charge in [0.2, 0.25) is 0 Å². The van der Waals surface area contributed by atoms with Crippen molar-refractivity contribution >= 4 is 5.78 Å². The first kappa shape index (κ1) is 25.0. The van der Waals surface area contributed by atoms with E-state index in [0.29, 0.717) is 23.6 Å². The Morgan fingerprint density at radius 2 is 1.84 bits per heavy atom. The van der Waals surface area contributed by atoms with Crippen LogP contribution in [0.5, 0.6) is 0 Å². The molecule has 192 valence electrons. The van der Waals surface area contributed by atoms with Crippen molar-refractivity contribution in [3.8, 4) is 28.3 Å². The third-order valence-corrected chi connectivity index (χ3v) is 6.66. The molecule has 5 aromatic rings. The number of Topliss-reactive ketones (excluding diaryl/α,β-unsaturated/α-hetero) is 1. The molecule has 0 saturated carbocycles. The Balaban J connectivity index is 1.52. The number of H-pyrrole nitrogens is 1. The van der Waals surface area contributed by atoms with E-state index in [1.54, 1.807) is 28.3 Å². The summed E-state index contributed by atoms with van der Waals surface area (Å²) in [6, 6.07) is 17.4. The van der Waals surface area contributed by atoms with Crippen molar-refractivity contribution in [2.45, 2.75) is 46.6 Å². The molecule has 0 amide bonds. The molecule has 0 aliphatic heterocycles. The first-order chi connectivity index (χ1) is 18.5. The van der Waals surface area contributed by atoms with Gasteiger partial charge in [-0.25, -0.2) is 9.89 Å². The summed E-state index contributed by atoms with van der Waals surface area (Å²) in [5.74, 6) is 0.490. The van der Waals surface area contributed by atoms with Gasteiger partial charge in [-0.05, 0) is 59.5 Å². The molecule has 9 heteroatoms. The Bertz CT molecular complexity index is 1630. The van der Waals surface area contributed by atoms with E-state index >= 15 is 0 Å². The van der Waals surface area contributed by atoms with E-state index in [-0.39, 0.29) is 11.5 Å². The minimum atomic E-state index is -0.147. The number of nitrogens with one attached hydrogen (secondary N) is 1. The number of carbonyl (C=O) groups is 1. The summed E-state index contributed by atoms with van der Waals surface area (Å²) in [6.07, 6.45) is 6.01. The Morgan fingerprint density at radius 1 is 1.03 bits per heavy atom. The molecule has 1 N–H and O–H groups in total. The standard InChI is InChI=1S/C29H29N7O2/c1-4-8-23-18-36(27-21(5-2)9-6-10-24(27)19(3)37)29(38)35(23)17-20-12-14-22(15-13-20)26-25(11-7-16-30-26)28-31-33-34-32-28/h6-7,9-16,18H,4-5,8,17H2,1-3H3,(H,31,32,33,34). The molecule has 0 aliphatic carbocycles. The van der Waals surface area contributed by atoms with Gasteiger partial charge < -0.3 is 0 Å². The zero-order valence-corrected chi connectivity index (χ0v) is 21.7. The van der Waals surface area contributed by atoms with Gasteiger partial charge in [-0.1, -0.05) is 56.7 Å². The molecular formula is C29H29N7O2. The van der Waals surface area contributed by atoms with Crippen LogP contribution in [0.4, 0.5) is 0 Å². The monoisotopic (exact) mass is 507 g/mol. The maximum absolute atomic E-state index is 13.8. The molecule has 0 unspecified atom stereocenters. The molecule has 3 heterocycles. The number of aryl methyl sites for hydroxylation is 2. The highest BCUT2D eigenvalue weighted by Gasteiger charge is 2.19. The third kappa shape index (κ3) is 4.70. The molecule has 9 nitrogen and oxygen atoms in total. The van der Waals surface area contributed by atoms with Crippen LogP contribution in [0.15, 0.2) is 71.8 Å². The predicted molar refractivity (Wildman–Crippen MR) is 145 cm³/mol.